The number of unbranched alkanes of at least 4 members (excludes halogenated alkanes) is 1. The van der Waals surface area contributed by atoms with Crippen LogP contribution in [0.2, 0.25) is 0 Å². The smallest absolute Gasteiger partial charge is 0.254 e. The van der Waals surface area contributed by atoms with Gasteiger partial charge in [0.1, 0.15) is 5.82 Å². The van der Waals surface area contributed by atoms with Gasteiger partial charge in [0.25, 0.3) is 5.91 Å². The molecule has 7 heteroatoms. The topological polar surface area (TPSA) is 40.5 Å². The summed E-state index contributed by atoms with van der Waals surface area (Å²) in [5, 5.41) is 10.5. The number of likely N-dealkylation sites (tertiary alicyclic amines) is 1. The number of aliphatic hydroxyl groups is 1. The molecule has 0 bridgehead atoms. The SMILES string of the molecule is C=CCCCC1(O)CN(C(=O)c2ccc(F)c(F)c2Cc2ccc(I)cc2F)C1. The first-order valence-electron chi connectivity index (χ1n) is 9.27. The molecule has 3 rings (SSSR count). The molecule has 1 saturated heterocycles. The number of hydrogen-bond donors (Lipinski definition) is 1. The summed E-state index contributed by atoms with van der Waals surface area (Å²) in [6.45, 7) is 3.89. The number of hydrogen-bond acceptors (Lipinski definition) is 2. The van der Waals surface area contributed by atoms with E-state index >= 15 is 0 Å². The van der Waals surface area contributed by atoms with Crippen molar-refractivity contribution in [1.29, 1.82) is 0 Å². The van der Waals surface area contributed by atoms with E-state index in [9.17, 15) is 23.1 Å². The monoisotopic (exact) mass is 515 g/mol. The van der Waals surface area contributed by atoms with Gasteiger partial charge in [-0.3, -0.25) is 4.79 Å². The summed E-state index contributed by atoms with van der Waals surface area (Å²) in [6.07, 6.45) is 3.57. The van der Waals surface area contributed by atoms with Crippen LogP contribution >= 0.6 is 22.6 Å². The van der Waals surface area contributed by atoms with Gasteiger partial charge in [-0.1, -0.05) is 12.1 Å². The molecule has 154 valence electrons. The second-order valence-electron chi connectivity index (χ2n) is 7.37. The van der Waals surface area contributed by atoms with E-state index in [1.54, 1.807) is 12.1 Å². The second kappa shape index (κ2) is 8.87. The van der Waals surface area contributed by atoms with E-state index in [1.807, 2.05) is 22.6 Å². The molecule has 0 spiro atoms. The summed E-state index contributed by atoms with van der Waals surface area (Å²) < 4.78 is 43.3. The Balaban J connectivity index is 1.82. The molecular formula is C22H21F3INO2. The van der Waals surface area contributed by atoms with Crippen LogP contribution in [0.1, 0.15) is 40.7 Å². The summed E-state index contributed by atoms with van der Waals surface area (Å²) in [6, 6.07) is 6.57. The number of carbonyl (C=O) groups excluding carboxylic acids is 1. The molecule has 1 amide bonds. The first-order valence-corrected chi connectivity index (χ1v) is 10.4. The number of rotatable bonds is 7. The summed E-state index contributed by atoms with van der Waals surface area (Å²) in [5.41, 5.74) is -1.000. The van der Waals surface area contributed by atoms with Gasteiger partial charge in [0.2, 0.25) is 0 Å². The van der Waals surface area contributed by atoms with Gasteiger partial charge < -0.3 is 10.0 Å². The lowest BCUT2D eigenvalue weighted by Gasteiger charge is -2.46. The van der Waals surface area contributed by atoms with E-state index in [1.165, 1.54) is 23.1 Å². The molecule has 1 aliphatic rings. The molecule has 0 aliphatic carbocycles. The number of benzene rings is 2. The molecule has 0 saturated carbocycles. The van der Waals surface area contributed by atoms with Crippen LogP contribution in [0, 0.1) is 21.0 Å². The number of β-amino-alcohol motifs (C(OH)–C–C–N with tert-alkyl or cyclic N) is 1. The van der Waals surface area contributed by atoms with Gasteiger partial charge in [0.05, 0.1) is 18.7 Å². The maximum atomic E-state index is 14.5. The molecule has 2 aromatic rings. The normalized spacial score (nSPS) is 15.1. The predicted molar refractivity (Wildman–Crippen MR) is 113 cm³/mol. The molecule has 0 atom stereocenters. The number of halogens is 4. The molecule has 2 aromatic carbocycles. The highest BCUT2D eigenvalue weighted by Gasteiger charge is 2.43. The van der Waals surface area contributed by atoms with Crippen molar-refractivity contribution in [3.8, 4) is 0 Å². The van der Waals surface area contributed by atoms with Crippen molar-refractivity contribution in [2.24, 2.45) is 0 Å². The molecular weight excluding hydrogens is 494 g/mol. The molecule has 29 heavy (non-hydrogen) atoms. The highest BCUT2D eigenvalue weighted by Crippen LogP contribution is 2.30. The van der Waals surface area contributed by atoms with Crippen LogP contribution in [0.5, 0.6) is 0 Å². The van der Waals surface area contributed by atoms with E-state index < -0.39 is 29.0 Å². The molecule has 1 fully saturated rings. The van der Waals surface area contributed by atoms with Crippen molar-refractivity contribution in [3.05, 3.63) is 80.7 Å². The standard InChI is InChI=1S/C22H21F3INO2/c1-2-3-4-9-22(29)12-27(13-22)21(28)16-7-8-18(23)20(25)17(16)10-14-5-6-15(26)11-19(14)24/h2,5-8,11,29H,1,3-4,9-10,12-13H2. The first-order chi connectivity index (χ1) is 13.7. The van der Waals surface area contributed by atoms with Crippen molar-refractivity contribution < 1.29 is 23.1 Å². The van der Waals surface area contributed by atoms with Gasteiger partial charge in [-0.2, -0.15) is 0 Å². The lowest BCUT2D eigenvalue weighted by molar-refractivity contribution is -0.0865. The average molecular weight is 515 g/mol. The zero-order valence-electron chi connectivity index (χ0n) is 15.7. The van der Waals surface area contributed by atoms with E-state index in [0.717, 1.165) is 18.9 Å². The van der Waals surface area contributed by atoms with Crippen LogP contribution in [0.4, 0.5) is 13.2 Å². The van der Waals surface area contributed by atoms with E-state index in [2.05, 4.69) is 6.58 Å². The molecule has 1 heterocycles. The quantitative estimate of drug-likeness (QED) is 0.326. The number of allylic oxidation sites excluding steroid dienone is 1. The summed E-state index contributed by atoms with van der Waals surface area (Å²) in [5.74, 6) is -3.29. The largest absolute Gasteiger partial charge is 0.386 e. The van der Waals surface area contributed by atoms with Crippen LogP contribution in [0.25, 0.3) is 0 Å². The number of amides is 1. The number of nitrogens with zero attached hydrogens (tertiary/aromatic N) is 1. The van der Waals surface area contributed by atoms with E-state index in [4.69, 9.17) is 0 Å². The lowest BCUT2D eigenvalue weighted by atomic mass is 9.87. The molecule has 1 aliphatic heterocycles. The van der Waals surface area contributed by atoms with Crippen molar-refractivity contribution >= 4 is 28.5 Å². The summed E-state index contributed by atoms with van der Waals surface area (Å²) in [7, 11) is 0. The first kappa shape index (κ1) is 21.8. The van der Waals surface area contributed by atoms with Crippen LogP contribution in [-0.2, 0) is 6.42 Å². The fourth-order valence-electron chi connectivity index (χ4n) is 3.53. The Hall–Kier alpha value is -1.87. The molecule has 0 unspecified atom stereocenters. The minimum atomic E-state index is -1.16. The number of carbonyl (C=O) groups is 1. The Kier molecular flexibility index (Phi) is 6.68. The third-order valence-electron chi connectivity index (χ3n) is 5.12. The van der Waals surface area contributed by atoms with Gasteiger partial charge in [0, 0.05) is 21.1 Å². The molecule has 0 radical (unpaired) electrons. The molecule has 0 aromatic heterocycles. The van der Waals surface area contributed by atoms with Gasteiger partial charge in [0.15, 0.2) is 11.6 Å². The maximum Gasteiger partial charge on any atom is 0.254 e. The Bertz CT molecular complexity index is 942. The fraction of sp³-hybridized carbons (Fsp3) is 0.318. The van der Waals surface area contributed by atoms with Crippen molar-refractivity contribution in [2.45, 2.75) is 31.3 Å². The van der Waals surface area contributed by atoms with Crippen molar-refractivity contribution in [2.75, 3.05) is 13.1 Å². The van der Waals surface area contributed by atoms with Crippen LogP contribution < -0.4 is 0 Å². The zero-order chi connectivity index (χ0) is 21.2. The second-order valence-corrected chi connectivity index (χ2v) is 8.61. The van der Waals surface area contributed by atoms with Gasteiger partial charge in [-0.25, -0.2) is 13.2 Å². The molecule has 3 nitrogen and oxygen atoms in total. The maximum absolute atomic E-state index is 14.5. The highest BCUT2D eigenvalue weighted by atomic mass is 127. The Morgan fingerprint density at radius 3 is 2.59 bits per heavy atom. The van der Waals surface area contributed by atoms with Crippen LogP contribution in [0.15, 0.2) is 43.0 Å². The van der Waals surface area contributed by atoms with Crippen LogP contribution in [0.3, 0.4) is 0 Å². The van der Waals surface area contributed by atoms with Gasteiger partial charge >= 0.3 is 0 Å². The lowest BCUT2D eigenvalue weighted by Crippen LogP contribution is -2.63. The third-order valence-corrected chi connectivity index (χ3v) is 5.79. The minimum absolute atomic E-state index is 0.0185. The fourth-order valence-corrected chi connectivity index (χ4v) is 3.99. The van der Waals surface area contributed by atoms with Gasteiger partial charge in [-0.05, 0) is 71.7 Å². The minimum Gasteiger partial charge on any atom is -0.386 e. The Morgan fingerprint density at radius 1 is 1.21 bits per heavy atom. The third kappa shape index (κ3) is 4.83. The van der Waals surface area contributed by atoms with Crippen LogP contribution in [-0.4, -0.2) is 34.6 Å². The summed E-state index contributed by atoms with van der Waals surface area (Å²) in [4.78, 5) is 14.3. The molecule has 1 N–H and O–H groups in total. The Labute approximate surface area is 181 Å². The highest BCUT2D eigenvalue weighted by molar-refractivity contribution is 14.1. The van der Waals surface area contributed by atoms with E-state index in [-0.39, 0.29) is 36.2 Å². The Morgan fingerprint density at radius 2 is 1.93 bits per heavy atom. The van der Waals surface area contributed by atoms with Crippen molar-refractivity contribution in [1.82, 2.24) is 4.90 Å². The summed E-state index contributed by atoms with van der Waals surface area (Å²) >= 11 is 1.95. The van der Waals surface area contributed by atoms with E-state index in [0.29, 0.717) is 9.99 Å². The van der Waals surface area contributed by atoms with Crippen molar-refractivity contribution in [3.63, 3.8) is 0 Å². The predicted octanol–water partition coefficient (Wildman–Crippen LogP) is 4.84. The van der Waals surface area contributed by atoms with Gasteiger partial charge in [-0.15, -0.1) is 6.58 Å². The average Bonchev–Trinajstić information content (AvgIpc) is 2.65. The zero-order valence-corrected chi connectivity index (χ0v) is 17.9.